The van der Waals surface area contributed by atoms with E-state index in [9.17, 15) is 18.0 Å². The fourth-order valence-corrected chi connectivity index (χ4v) is 3.91. The van der Waals surface area contributed by atoms with Gasteiger partial charge in [-0.2, -0.15) is 23.3 Å². The normalized spacial score (nSPS) is 14.1. The van der Waals surface area contributed by atoms with Crippen molar-refractivity contribution in [2.24, 2.45) is 5.73 Å². The summed E-state index contributed by atoms with van der Waals surface area (Å²) in [5.41, 5.74) is 5.32. The molecule has 0 radical (unpaired) electrons. The molecule has 0 saturated heterocycles. The first-order chi connectivity index (χ1) is 14.7. The van der Waals surface area contributed by atoms with E-state index in [0.717, 1.165) is 12.8 Å². The van der Waals surface area contributed by atoms with Crippen LogP contribution in [0.5, 0.6) is 5.75 Å². The second-order valence-electron chi connectivity index (χ2n) is 7.08. The molecule has 164 valence electrons. The van der Waals surface area contributed by atoms with E-state index in [2.05, 4.69) is 31.2 Å². The summed E-state index contributed by atoms with van der Waals surface area (Å²) in [6.07, 6.45) is -2.62. The van der Waals surface area contributed by atoms with Crippen LogP contribution in [-0.4, -0.2) is 32.4 Å². The predicted octanol–water partition coefficient (Wildman–Crippen LogP) is 3.70. The number of ether oxygens (including phenoxy) is 1. The maximum absolute atomic E-state index is 13.2. The number of halogens is 4. The predicted molar refractivity (Wildman–Crippen MR) is 105 cm³/mol. The van der Waals surface area contributed by atoms with Gasteiger partial charge in [-0.3, -0.25) is 9.48 Å². The molecule has 0 spiro atoms. The Bertz CT molecular complexity index is 1090. The third-order valence-electron chi connectivity index (χ3n) is 4.66. The highest BCUT2D eigenvalue weighted by Gasteiger charge is 2.41. The molecule has 8 nitrogen and oxygen atoms in total. The Balaban J connectivity index is 1.45. The molecule has 1 aliphatic carbocycles. The summed E-state index contributed by atoms with van der Waals surface area (Å²) in [5, 5.41) is 7.68. The number of carbonyl (C=O) groups is 1. The van der Waals surface area contributed by atoms with Gasteiger partial charge in [0.2, 0.25) is 11.7 Å². The van der Waals surface area contributed by atoms with Gasteiger partial charge in [0.1, 0.15) is 5.75 Å². The van der Waals surface area contributed by atoms with E-state index in [1.165, 1.54) is 4.68 Å². The molecule has 1 amide bonds. The van der Waals surface area contributed by atoms with Gasteiger partial charge in [-0.25, -0.2) is 0 Å². The van der Waals surface area contributed by atoms with Crippen LogP contribution in [0.4, 0.5) is 13.2 Å². The Labute approximate surface area is 182 Å². The third kappa shape index (κ3) is 4.89. The second kappa shape index (κ2) is 8.33. The molecule has 31 heavy (non-hydrogen) atoms. The first kappa shape index (κ1) is 21.3. The molecule has 0 atom stereocenters. The van der Waals surface area contributed by atoms with Crippen molar-refractivity contribution in [2.45, 2.75) is 37.9 Å². The Kier molecular flexibility index (Phi) is 5.73. The molecule has 2 heterocycles. The van der Waals surface area contributed by atoms with E-state index in [4.69, 9.17) is 15.0 Å². The molecule has 0 aliphatic heterocycles. The molecular weight excluding hydrogens is 483 g/mol. The minimum atomic E-state index is -4.53. The van der Waals surface area contributed by atoms with Crippen LogP contribution < -0.4 is 10.5 Å². The summed E-state index contributed by atoms with van der Waals surface area (Å²) in [6.45, 7) is -0.0454. The van der Waals surface area contributed by atoms with Gasteiger partial charge in [0.05, 0.1) is 16.7 Å². The lowest BCUT2D eigenvalue weighted by Gasteiger charge is -2.05. The lowest BCUT2D eigenvalue weighted by Crippen LogP contribution is -2.19. The van der Waals surface area contributed by atoms with E-state index in [1.54, 1.807) is 24.3 Å². The number of carbonyl (C=O) groups excluding carboxylic acids is 1. The zero-order valence-corrected chi connectivity index (χ0v) is 17.6. The molecule has 3 aromatic rings. The van der Waals surface area contributed by atoms with Gasteiger partial charge in [0, 0.05) is 17.9 Å². The number of alkyl halides is 3. The summed E-state index contributed by atoms with van der Waals surface area (Å²) < 4.78 is 51.5. The molecular formula is C19H17BrF3N5O3. The molecule has 0 bridgehead atoms. The number of hydrogen-bond donors (Lipinski definition) is 1. The van der Waals surface area contributed by atoms with Gasteiger partial charge in [-0.1, -0.05) is 5.16 Å². The smallest absolute Gasteiger partial charge is 0.436 e. The van der Waals surface area contributed by atoms with Gasteiger partial charge in [0.25, 0.3) is 5.91 Å². The van der Waals surface area contributed by atoms with Crippen LogP contribution in [0.15, 0.2) is 33.3 Å². The summed E-state index contributed by atoms with van der Waals surface area (Å²) in [6, 6.07) is 6.65. The topological polar surface area (TPSA) is 109 Å². The van der Waals surface area contributed by atoms with E-state index < -0.39 is 17.8 Å². The minimum absolute atomic E-state index is 0.00682. The highest BCUT2D eigenvalue weighted by molar-refractivity contribution is 9.10. The average Bonchev–Trinajstić information content (AvgIpc) is 3.32. The lowest BCUT2D eigenvalue weighted by atomic mass is 10.2. The molecule has 1 saturated carbocycles. The highest BCUT2D eigenvalue weighted by Crippen LogP contribution is 2.47. The van der Waals surface area contributed by atoms with Crippen molar-refractivity contribution in [3.8, 4) is 17.1 Å². The van der Waals surface area contributed by atoms with Crippen LogP contribution in [0.25, 0.3) is 11.4 Å². The number of amides is 1. The van der Waals surface area contributed by atoms with Gasteiger partial charge < -0.3 is 15.0 Å². The summed E-state index contributed by atoms with van der Waals surface area (Å²) in [4.78, 5) is 15.1. The molecule has 2 N–H and O–H groups in total. The fraction of sp³-hybridized carbons (Fsp3) is 0.368. The lowest BCUT2D eigenvalue weighted by molar-refractivity contribution is -0.142. The number of nitrogens with zero attached hydrogens (tertiary/aromatic N) is 4. The number of primary amides is 1. The van der Waals surface area contributed by atoms with Gasteiger partial charge in [-0.15, -0.1) is 0 Å². The Hall–Kier alpha value is -2.89. The van der Waals surface area contributed by atoms with Crippen molar-refractivity contribution in [1.29, 1.82) is 0 Å². The van der Waals surface area contributed by atoms with E-state index >= 15 is 0 Å². The van der Waals surface area contributed by atoms with E-state index in [-0.39, 0.29) is 35.9 Å². The Morgan fingerprint density at radius 1 is 1.29 bits per heavy atom. The quantitative estimate of drug-likeness (QED) is 0.506. The molecule has 12 heteroatoms. The van der Waals surface area contributed by atoms with Crippen molar-refractivity contribution in [1.82, 2.24) is 19.9 Å². The highest BCUT2D eigenvalue weighted by atomic mass is 79.9. The molecule has 1 aliphatic rings. The van der Waals surface area contributed by atoms with Crippen LogP contribution in [0, 0.1) is 0 Å². The first-order valence-corrected chi connectivity index (χ1v) is 10.2. The van der Waals surface area contributed by atoms with Crippen LogP contribution in [-0.2, 0) is 23.9 Å². The minimum Gasteiger partial charge on any atom is -0.484 e. The summed E-state index contributed by atoms with van der Waals surface area (Å²) >= 11 is 3.07. The van der Waals surface area contributed by atoms with E-state index in [0.29, 0.717) is 22.8 Å². The Morgan fingerprint density at radius 2 is 2.00 bits per heavy atom. The zero-order valence-electron chi connectivity index (χ0n) is 16.0. The maximum Gasteiger partial charge on any atom is 0.436 e. The molecule has 2 aromatic heterocycles. The van der Waals surface area contributed by atoms with Crippen LogP contribution in [0.2, 0.25) is 0 Å². The van der Waals surface area contributed by atoms with Crippen molar-refractivity contribution < 1.29 is 27.2 Å². The van der Waals surface area contributed by atoms with Crippen molar-refractivity contribution in [2.75, 3.05) is 6.61 Å². The van der Waals surface area contributed by atoms with Gasteiger partial charge >= 0.3 is 6.18 Å². The van der Waals surface area contributed by atoms with Crippen molar-refractivity contribution >= 4 is 21.8 Å². The molecule has 4 rings (SSSR count). The standard InChI is InChI=1S/C19H17BrF3N5O3/c20-15-16(10-1-2-10)28(26-17(15)19(21,22)23)8-7-14-25-18(27-31-14)11-3-5-12(6-4-11)30-9-13(24)29/h3-6,10H,1-2,7-9H2,(H2,24,29). The second-order valence-corrected chi connectivity index (χ2v) is 7.88. The van der Waals surface area contributed by atoms with Gasteiger partial charge in [0.15, 0.2) is 12.3 Å². The Morgan fingerprint density at radius 3 is 2.61 bits per heavy atom. The number of aromatic nitrogens is 4. The number of nitrogens with two attached hydrogens (primary N) is 1. The SMILES string of the molecule is NC(=O)COc1ccc(-c2noc(CCn3nc(C(F)(F)F)c(Br)c3C3CC3)n2)cc1. The average molecular weight is 500 g/mol. The van der Waals surface area contributed by atoms with Crippen molar-refractivity contribution in [3.63, 3.8) is 0 Å². The van der Waals surface area contributed by atoms with Gasteiger partial charge in [-0.05, 0) is 53.0 Å². The third-order valence-corrected chi connectivity index (χ3v) is 5.45. The largest absolute Gasteiger partial charge is 0.484 e. The van der Waals surface area contributed by atoms with Crippen molar-refractivity contribution in [3.05, 3.63) is 46.0 Å². The molecule has 0 unspecified atom stereocenters. The summed E-state index contributed by atoms with van der Waals surface area (Å²) in [5.74, 6) is 0.570. The number of aryl methyl sites for hydroxylation is 2. The maximum atomic E-state index is 13.2. The molecule has 1 aromatic carbocycles. The molecule has 1 fully saturated rings. The number of rotatable bonds is 8. The van der Waals surface area contributed by atoms with Crippen LogP contribution in [0.1, 0.15) is 36.0 Å². The zero-order chi connectivity index (χ0) is 22.2. The van der Waals surface area contributed by atoms with Crippen LogP contribution in [0.3, 0.4) is 0 Å². The number of benzene rings is 1. The monoisotopic (exact) mass is 499 g/mol. The number of hydrogen-bond acceptors (Lipinski definition) is 6. The van der Waals surface area contributed by atoms with Crippen LogP contribution >= 0.6 is 15.9 Å². The fourth-order valence-electron chi connectivity index (χ4n) is 3.08. The first-order valence-electron chi connectivity index (χ1n) is 9.40. The van der Waals surface area contributed by atoms with E-state index in [1.807, 2.05) is 0 Å². The summed E-state index contributed by atoms with van der Waals surface area (Å²) in [7, 11) is 0.